The van der Waals surface area contributed by atoms with E-state index in [2.05, 4.69) is 267 Å². The molecule has 64 heavy (non-hydrogen) atoms. The summed E-state index contributed by atoms with van der Waals surface area (Å²) < 4.78 is 0. The first-order valence-electron chi connectivity index (χ1n) is 22.3. The van der Waals surface area contributed by atoms with Gasteiger partial charge in [0.05, 0.1) is 5.69 Å². The average Bonchev–Trinajstić information content (AvgIpc) is 3.61. The number of rotatable bonds is 9. The molecule has 0 radical (unpaired) electrons. The maximum absolute atomic E-state index is 2.45. The highest BCUT2D eigenvalue weighted by molar-refractivity contribution is 6.01. The minimum atomic E-state index is -0.0645. The minimum absolute atomic E-state index is 0.0645. The largest absolute Gasteiger partial charge is 0.310 e. The van der Waals surface area contributed by atoms with Crippen LogP contribution >= 0.6 is 0 Å². The number of hydrogen-bond donors (Lipinski definition) is 0. The molecule has 10 aromatic carbocycles. The van der Waals surface area contributed by atoms with Crippen LogP contribution in [0.5, 0.6) is 0 Å². The molecule has 10 aromatic rings. The molecule has 0 saturated heterocycles. The lowest BCUT2D eigenvalue weighted by molar-refractivity contribution is 0.660. The Morgan fingerprint density at radius 1 is 0.250 bits per heavy atom. The Bertz CT molecular complexity index is 3240. The van der Waals surface area contributed by atoms with Gasteiger partial charge in [0.1, 0.15) is 0 Å². The second-order valence-corrected chi connectivity index (χ2v) is 17.2. The summed E-state index contributed by atoms with van der Waals surface area (Å²) in [7, 11) is 0. The minimum Gasteiger partial charge on any atom is -0.310 e. The van der Waals surface area contributed by atoms with E-state index in [4.69, 9.17) is 0 Å². The van der Waals surface area contributed by atoms with E-state index in [-0.39, 0.29) is 5.41 Å². The van der Waals surface area contributed by atoms with Crippen molar-refractivity contribution >= 4 is 17.1 Å². The molecule has 1 aliphatic carbocycles. The fraction of sp³-hybridized carbons (Fsp3) is 0.0476. The molecular formula is C63H47N. The monoisotopic (exact) mass is 817 g/mol. The van der Waals surface area contributed by atoms with Gasteiger partial charge in [-0.1, -0.05) is 232 Å². The van der Waals surface area contributed by atoms with Gasteiger partial charge < -0.3 is 4.90 Å². The molecule has 0 amide bonds. The van der Waals surface area contributed by atoms with Gasteiger partial charge in [-0.3, -0.25) is 0 Å². The molecule has 0 N–H and O–H groups in total. The topological polar surface area (TPSA) is 3.24 Å². The van der Waals surface area contributed by atoms with Crippen molar-refractivity contribution < 1.29 is 0 Å². The van der Waals surface area contributed by atoms with Gasteiger partial charge in [-0.2, -0.15) is 0 Å². The molecule has 0 fully saturated rings. The summed E-state index contributed by atoms with van der Waals surface area (Å²) in [6.07, 6.45) is 0. The zero-order valence-electron chi connectivity index (χ0n) is 36.1. The summed E-state index contributed by atoms with van der Waals surface area (Å²) in [5.74, 6) is 0. The van der Waals surface area contributed by atoms with Crippen LogP contribution in [0, 0.1) is 0 Å². The Labute approximate surface area is 377 Å². The zero-order valence-corrected chi connectivity index (χ0v) is 36.1. The predicted molar refractivity (Wildman–Crippen MR) is 271 cm³/mol. The number of nitrogens with zero attached hydrogens (tertiary/aromatic N) is 1. The number of benzene rings is 10. The molecule has 0 aromatic heterocycles. The summed E-state index contributed by atoms with van der Waals surface area (Å²) in [6, 6.07) is 90.8. The predicted octanol–water partition coefficient (Wildman–Crippen LogP) is 17.5. The molecule has 1 heteroatoms. The summed E-state index contributed by atoms with van der Waals surface area (Å²) in [4.78, 5) is 2.45. The molecule has 0 heterocycles. The molecule has 304 valence electrons. The summed E-state index contributed by atoms with van der Waals surface area (Å²) >= 11 is 0. The number of hydrogen-bond acceptors (Lipinski definition) is 1. The zero-order chi connectivity index (χ0) is 43.0. The lowest BCUT2D eigenvalue weighted by Gasteiger charge is -2.30. The first kappa shape index (κ1) is 38.9. The molecule has 0 atom stereocenters. The lowest BCUT2D eigenvalue weighted by atomic mass is 9.82. The van der Waals surface area contributed by atoms with Crippen molar-refractivity contribution in [1.29, 1.82) is 0 Å². The maximum atomic E-state index is 2.45. The Kier molecular flexibility index (Phi) is 9.94. The molecule has 0 bridgehead atoms. The SMILES string of the molecule is CC1(C)c2ccccc2-c2c(-c3ccc(N(c4ccc(-c5ccc(-c6ccccc6)cc5)cc4)c4cccc(-c5ccccc5)c4-c4ccccc4-c4ccccc4)cc3)cccc21. The van der Waals surface area contributed by atoms with Crippen LogP contribution < -0.4 is 4.90 Å². The van der Waals surface area contributed by atoms with Crippen LogP contribution in [0.2, 0.25) is 0 Å². The van der Waals surface area contributed by atoms with Crippen molar-refractivity contribution in [1.82, 2.24) is 0 Å². The highest BCUT2D eigenvalue weighted by Gasteiger charge is 2.36. The Morgan fingerprint density at radius 3 is 1.19 bits per heavy atom. The molecule has 0 saturated carbocycles. The summed E-state index contributed by atoms with van der Waals surface area (Å²) in [5.41, 5.74) is 23.0. The van der Waals surface area contributed by atoms with Crippen molar-refractivity contribution in [3.63, 3.8) is 0 Å². The number of fused-ring (bicyclic) bond motifs is 3. The fourth-order valence-corrected chi connectivity index (χ4v) is 9.94. The smallest absolute Gasteiger partial charge is 0.0546 e. The van der Waals surface area contributed by atoms with Gasteiger partial charge in [-0.15, -0.1) is 0 Å². The Balaban J connectivity index is 1.08. The van der Waals surface area contributed by atoms with E-state index in [1.165, 1.54) is 89.0 Å². The van der Waals surface area contributed by atoms with E-state index in [1.807, 2.05) is 0 Å². The van der Waals surface area contributed by atoms with Crippen molar-refractivity contribution in [2.45, 2.75) is 19.3 Å². The molecule has 1 aliphatic rings. The standard InChI is InChI=1S/C63H47N/c1-63(2)58-29-15-14-26-57(58)61-54(27-16-30-59(61)63)50-38-42-52(43-39-50)64(51-40-36-47(37-41-51)46-34-32-45(33-35-46)44-18-6-3-7-19-44)60-31-17-28-55(49-22-10-5-11-23-49)62(60)56-25-13-12-24-53(56)48-20-8-4-9-21-48/h3-43H,1-2H3. The third-order valence-corrected chi connectivity index (χ3v) is 13.1. The van der Waals surface area contributed by atoms with Crippen LogP contribution in [0.25, 0.3) is 77.9 Å². The third kappa shape index (κ3) is 6.93. The van der Waals surface area contributed by atoms with Gasteiger partial charge in [-0.05, 0) is 114 Å². The molecule has 11 rings (SSSR count). The van der Waals surface area contributed by atoms with Crippen LogP contribution in [0.3, 0.4) is 0 Å². The van der Waals surface area contributed by atoms with E-state index in [1.54, 1.807) is 0 Å². The molecular weight excluding hydrogens is 771 g/mol. The van der Waals surface area contributed by atoms with E-state index in [0.717, 1.165) is 17.1 Å². The molecule has 0 spiro atoms. The van der Waals surface area contributed by atoms with E-state index < -0.39 is 0 Å². The van der Waals surface area contributed by atoms with Gasteiger partial charge in [0.25, 0.3) is 0 Å². The average molecular weight is 818 g/mol. The van der Waals surface area contributed by atoms with Crippen LogP contribution in [-0.4, -0.2) is 0 Å². The van der Waals surface area contributed by atoms with Crippen LogP contribution in [0.4, 0.5) is 17.1 Å². The number of anilines is 3. The van der Waals surface area contributed by atoms with Crippen LogP contribution in [0.1, 0.15) is 25.0 Å². The molecule has 0 unspecified atom stereocenters. The van der Waals surface area contributed by atoms with Gasteiger partial charge in [0, 0.05) is 22.4 Å². The molecule has 1 nitrogen and oxygen atoms in total. The maximum Gasteiger partial charge on any atom is 0.0546 e. The molecule has 0 aliphatic heterocycles. The summed E-state index contributed by atoms with van der Waals surface area (Å²) in [6.45, 7) is 4.70. The van der Waals surface area contributed by atoms with Crippen molar-refractivity contribution in [3.8, 4) is 77.9 Å². The Morgan fingerprint density at radius 2 is 0.609 bits per heavy atom. The van der Waals surface area contributed by atoms with Crippen LogP contribution in [0.15, 0.2) is 249 Å². The van der Waals surface area contributed by atoms with Gasteiger partial charge in [0.2, 0.25) is 0 Å². The quantitative estimate of drug-likeness (QED) is 0.140. The Hall–Kier alpha value is -8.00. The van der Waals surface area contributed by atoms with E-state index in [9.17, 15) is 0 Å². The second kappa shape index (κ2) is 16.4. The van der Waals surface area contributed by atoms with Crippen molar-refractivity contribution in [2.24, 2.45) is 0 Å². The third-order valence-electron chi connectivity index (χ3n) is 13.1. The first-order chi connectivity index (χ1) is 31.5. The second-order valence-electron chi connectivity index (χ2n) is 17.2. The van der Waals surface area contributed by atoms with Gasteiger partial charge in [0.15, 0.2) is 0 Å². The first-order valence-corrected chi connectivity index (χ1v) is 22.3. The lowest BCUT2D eigenvalue weighted by Crippen LogP contribution is -2.14. The highest BCUT2D eigenvalue weighted by atomic mass is 15.1. The van der Waals surface area contributed by atoms with Crippen molar-refractivity contribution in [2.75, 3.05) is 4.90 Å². The summed E-state index contributed by atoms with van der Waals surface area (Å²) in [5, 5.41) is 0. The van der Waals surface area contributed by atoms with Gasteiger partial charge in [-0.25, -0.2) is 0 Å². The normalized spacial score (nSPS) is 12.3. The van der Waals surface area contributed by atoms with E-state index >= 15 is 0 Å². The van der Waals surface area contributed by atoms with Crippen molar-refractivity contribution in [3.05, 3.63) is 260 Å². The highest BCUT2D eigenvalue weighted by Crippen LogP contribution is 2.53. The van der Waals surface area contributed by atoms with Gasteiger partial charge >= 0.3 is 0 Å². The van der Waals surface area contributed by atoms with E-state index in [0.29, 0.717) is 0 Å². The fourth-order valence-electron chi connectivity index (χ4n) is 9.94. The van der Waals surface area contributed by atoms with Crippen LogP contribution in [-0.2, 0) is 5.41 Å².